The Hall–Kier alpha value is 0.360. The number of ketones is 1. The van der Waals surface area contributed by atoms with Gasteiger partial charge in [0.2, 0.25) is 0 Å². The average Bonchev–Trinajstić information content (AvgIpc) is 2.53. The summed E-state index contributed by atoms with van der Waals surface area (Å²) in [5.74, 6) is 0.320. The first-order valence-electron chi connectivity index (χ1n) is 4.32. The molecule has 0 saturated carbocycles. The molecule has 12 heavy (non-hydrogen) atoms. The number of hydrogen-bond donors (Lipinski definition) is 0. The third-order valence-electron chi connectivity index (χ3n) is 3.20. The van der Waals surface area contributed by atoms with Crippen LogP contribution in [-0.2, 0) is 9.53 Å². The van der Waals surface area contributed by atoms with Crippen LogP contribution in [0.15, 0.2) is 0 Å². The van der Waals surface area contributed by atoms with Crippen LogP contribution in [0.25, 0.3) is 0 Å². The van der Waals surface area contributed by atoms with Crippen LogP contribution in [0.3, 0.4) is 0 Å². The summed E-state index contributed by atoms with van der Waals surface area (Å²) in [6.07, 6.45) is 2.17. The maximum absolute atomic E-state index is 11.9. The van der Waals surface area contributed by atoms with Gasteiger partial charge in [-0.3, -0.25) is 4.79 Å². The minimum atomic E-state index is -0.408. The number of alkyl halides is 1. The minimum Gasteiger partial charge on any atom is -0.362 e. The van der Waals surface area contributed by atoms with Crippen molar-refractivity contribution < 1.29 is 9.53 Å². The SMILES string of the molecule is CC1(C)C(=O)[C@@]2(CI)CCC1O2. The molecule has 0 spiro atoms. The number of carbonyl (C=O) groups is 1. The minimum absolute atomic E-state index is 0.180. The quantitative estimate of drug-likeness (QED) is 0.542. The number of hydrogen-bond acceptors (Lipinski definition) is 2. The summed E-state index contributed by atoms with van der Waals surface area (Å²) < 4.78 is 6.59. The lowest BCUT2D eigenvalue weighted by Gasteiger charge is -2.28. The van der Waals surface area contributed by atoms with Gasteiger partial charge in [-0.05, 0) is 12.8 Å². The summed E-state index contributed by atoms with van der Waals surface area (Å²) in [6, 6.07) is 0. The Balaban J connectivity index is 2.38. The summed E-state index contributed by atoms with van der Waals surface area (Å²) in [7, 11) is 0. The monoisotopic (exact) mass is 280 g/mol. The van der Waals surface area contributed by atoms with Crippen LogP contribution in [0.2, 0.25) is 0 Å². The third-order valence-corrected chi connectivity index (χ3v) is 4.43. The van der Waals surface area contributed by atoms with Gasteiger partial charge in [0.15, 0.2) is 5.78 Å². The normalized spacial score (nSPS) is 43.9. The molecule has 2 aliphatic heterocycles. The van der Waals surface area contributed by atoms with Crippen LogP contribution in [0.1, 0.15) is 26.7 Å². The van der Waals surface area contributed by atoms with Gasteiger partial charge in [-0.1, -0.05) is 36.4 Å². The van der Waals surface area contributed by atoms with Crippen LogP contribution >= 0.6 is 22.6 Å². The van der Waals surface area contributed by atoms with Crippen molar-refractivity contribution in [3.8, 4) is 0 Å². The molecule has 2 saturated heterocycles. The van der Waals surface area contributed by atoms with Gasteiger partial charge >= 0.3 is 0 Å². The Labute approximate surface area is 86.2 Å². The maximum atomic E-state index is 11.9. The van der Waals surface area contributed by atoms with Crippen LogP contribution in [0.5, 0.6) is 0 Å². The molecule has 0 aromatic heterocycles. The molecule has 2 atom stereocenters. The zero-order chi connectivity index (χ0) is 8.98. The van der Waals surface area contributed by atoms with E-state index >= 15 is 0 Å². The molecule has 0 N–H and O–H groups in total. The molecule has 1 unspecified atom stereocenters. The van der Waals surface area contributed by atoms with Crippen molar-refractivity contribution in [3.05, 3.63) is 0 Å². The molecule has 68 valence electrons. The standard InChI is InChI=1S/C9H13IO2/c1-8(2)6-3-4-9(5-10,12-6)7(8)11/h6H,3-5H2,1-2H3/t6?,9-/m0/s1. The van der Waals surface area contributed by atoms with Gasteiger partial charge in [-0.25, -0.2) is 0 Å². The predicted octanol–water partition coefficient (Wildman–Crippen LogP) is 1.95. The largest absolute Gasteiger partial charge is 0.362 e. The summed E-state index contributed by atoms with van der Waals surface area (Å²) >= 11 is 2.26. The van der Waals surface area contributed by atoms with Gasteiger partial charge in [-0.2, -0.15) is 0 Å². The topological polar surface area (TPSA) is 26.3 Å². The molecule has 2 fully saturated rings. The smallest absolute Gasteiger partial charge is 0.173 e. The number of carbonyl (C=O) groups excluding carboxylic acids is 1. The molecule has 0 aromatic rings. The van der Waals surface area contributed by atoms with Gasteiger partial charge in [0.1, 0.15) is 5.60 Å². The molecule has 0 radical (unpaired) electrons. The van der Waals surface area contributed by atoms with E-state index in [4.69, 9.17) is 4.74 Å². The highest BCUT2D eigenvalue weighted by Gasteiger charge is 2.62. The first kappa shape index (κ1) is 8.94. The van der Waals surface area contributed by atoms with Crippen molar-refractivity contribution in [1.29, 1.82) is 0 Å². The van der Waals surface area contributed by atoms with Crippen molar-refractivity contribution in [2.75, 3.05) is 4.43 Å². The predicted molar refractivity (Wildman–Crippen MR) is 54.5 cm³/mol. The van der Waals surface area contributed by atoms with Gasteiger partial charge in [0, 0.05) is 4.43 Å². The van der Waals surface area contributed by atoms with Gasteiger partial charge in [-0.15, -0.1) is 0 Å². The summed E-state index contributed by atoms with van der Waals surface area (Å²) in [6.45, 7) is 4.01. The summed E-state index contributed by atoms with van der Waals surface area (Å²) in [5.41, 5.74) is -0.641. The molecule has 2 aliphatic rings. The molecular formula is C9H13IO2. The molecule has 2 bridgehead atoms. The fraction of sp³-hybridized carbons (Fsp3) is 0.889. The van der Waals surface area contributed by atoms with E-state index in [0.717, 1.165) is 17.3 Å². The second-order valence-corrected chi connectivity index (χ2v) is 5.09. The summed E-state index contributed by atoms with van der Waals surface area (Å²) in [5, 5.41) is 0. The molecule has 3 heteroatoms. The van der Waals surface area contributed by atoms with Crippen LogP contribution in [0.4, 0.5) is 0 Å². The van der Waals surface area contributed by atoms with E-state index in [-0.39, 0.29) is 11.5 Å². The molecule has 2 nitrogen and oxygen atoms in total. The Morgan fingerprint density at radius 1 is 1.67 bits per heavy atom. The van der Waals surface area contributed by atoms with Gasteiger partial charge in [0.25, 0.3) is 0 Å². The molecule has 0 aromatic carbocycles. The Morgan fingerprint density at radius 3 is 2.67 bits per heavy atom. The van der Waals surface area contributed by atoms with E-state index in [1.807, 2.05) is 13.8 Å². The maximum Gasteiger partial charge on any atom is 0.173 e. The van der Waals surface area contributed by atoms with Crippen molar-refractivity contribution >= 4 is 28.4 Å². The van der Waals surface area contributed by atoms with Crippen LogP contribution in [0, 0.1) is 5.41 Å². The van der Waals surface area contributed by atoms with E-state index in [1.54, 1.807) is 0 Å². The molecule has 2 heterocycles. The highest BCUT2D eigenvalue weighted by atomic mass is 127. The van der Waals surface area contributed by atoms with Crippen molar-refractivity contribution in [2.45, 2.75) is 38.4 Å². The van der Waals surface area contributed by atoms with E-state index in [0.29, 0.717) is 5.78 Å². The number of rotatable bonds is 1. The number of fused-ring (bicyclic) bond motifs is 2. The first-order chi connectivity index (χ1) is 5.53. The Bertz CT molecular complexity index is 237. The average molecular weight is 280 g/mol. The van der Waals surface area contributed by atoms with E-state index in [9.17, 15) is 4.79 Å². The van der Waals surface area contributed by atoms with E-state index < -0.39 is 5.60 Å². The highest BCUT2D eigenvalue weighted by Crippen LogP contribution is 2.51. The molecule has 2 rings (SSSR count). The van der Waals surface area contributed by atoms with Crippen LogP contribution < -0.4 is 0 Å². The second-order valence-electron chi connectivity index (χ2n) is 4.32. The van der Waals surface area contributed by atoms with Gasteiger partial charge in [0.05, 0.1) is 11.5 Å². The Morgan fingerprint density at radius 2 is 2.33 bits per heavy atom. The Kier molecular flexibility index (Phi) is 1.82. The molecular weight excluding hydrogens is 267 g/mol. The number of halogens is 1. The fourth-order valence-corrected chi connectivity index (χ4v) is 3.23. The fourth-order valence-electron chi connectivity index (χ4n) is 2.32. The molecule has 0 aliphatic carbocycles. The lowest BCUT2D eigenvalue weighted by atomic mass is 9.72. The highest BCUT2D eigenvalue weighted by molar-refractivity contribution is 14.1. The lowest BCUT2D eigenvalue weighted by Crippen LogP contribution is -2.43. The molecule has 0 amide bonds. The zero-order valence-electron chi connectivity index (χ0n) is 7.39. The summed E-state index contributed by atoms with van der Waals surface area (Å²) in [4.78, 5) is 11.9. The van der Waals surface area contributed by atoms with E-state index in [1.165, 1.54) is 0 Å². The van der Waals surface area contributed by atoms with E-state index in [2.05, 4.69) is 22.6 Å². The van der Waals surface area contributed by atoms with Crippen LogP contribution in [-0.4, -0.2) is 21.9 Å². The van der Waals surface area contributed by atoms with Crippen molar-refractivity contribution in [1.82, 2.24) is 0 Å². The number of Topliss-reactive ketones (excluding diaryl/α,β-unsaturated/α-hetero) is 1. The van der Waals surface area contributed by atoms with Crippen molar-refractivity contribution in [2.24, 2.45) is 5.41 Å². The third kappa shape index (κ3) is 0.867. The zero-order valence-corrected chi connectivity index (χ0v) is 9.55. The lowest BCUT2D eigenvalue weighted by molar-refractivity contribution is -0.132. The number of ether oxygens (including phenoxy) is 1. The first-order valence-corrected chi connectivity index (χ1v) is 5.84. The van der Waals surface area contributed by atoms with Gasteiger partial charge < -0.3 is 4.74 Å². The van der Waals surface area contributed by atoms with Crippen molar-refractivity contribution in [3.63, 3.8) is 0 Å². The second kappa shape index (κ2) is 2.44.